The van der Waals surface area contributed by atoms with Crippen LogP contribution in [0.4, 0.5) is 5.69 Å². The van der Waals surface area contributed by atoms with Crippen molar-refractivity contribution in [2.45, 2.75) is 26.7 Å². The van der Waals surface area contributed by atoms with Gasteiger partial charge in [0.15, 0.2) is 0 Å². The van der Waals surface area contributed by atoms with Crippen molar-refractivity contribution in [2.24, 2.45) is 5.92 Å². The van der Waals surface area contributed by atoms with E-state index >= 15 is 0 Å². The normalized spacial score (nSPS) is 11.3. The number of nitrogens with zero attached hydrogens (tertiary/aromatic N) is 1. The van der Waals surface area contributed by atoms with Gasteiger partial charge in [0, 0.05) is 16.6 Å². The number of anilines is 1. The largest absolute Gasteiger partial charge is 0.397 e. The number of hydrogen-bond donors (Lipinski definition) is 1. The summed E-state index contributed by atoms with van der Waals surface area (Å²) < 4.78 is 0. The quantitative estimate of drug-likeness (QED) is 0.692. The van der Waals surface area contributed by atoms with Gasteiger partial charge < -0.3 is 5.73 Å². The Balaban J connectivity index is 1.96. The van der Waals surface area contributed by atoms with Crippen LogP contribution < -0.4 is 5.73 Å². The van der Waals surface area contributed by atoms with Crippen LogP contribution in [0.5, 0.6) is 0 Å². The lowest BCUT2D eigenvalue weighted by atomic mass is 10.1. The maximum Gasteiger partial charge on any atom is 0.205 e. The molecular weight excluding hydrogens is 304 g/mol. The monoisotopic (exact) mass is 324 g/mol. The molecule has 0 fully saturated rings. The number of carbonyl (C=O) groups excluding carboxylic acids is 1. The Labute approximate surface area is 140 Å². The van der Waals surface area contributed by atoms with E-state index in [1.54, 1.807) is 0 Å². The van der Waals surface area contributed by atoms with Gasteiger partial charge >= 0.3 is 0 Å². The van der Waals surface area contributed by atoms with Crippen molar-refractivity contribution in [1.29, 1.82) is 0 Å². The average molecular weight is 324 g/mol. The fourth-order valence-electron chi connectivity index (χ4n) is 2.50. The Bertz CT molecular complexity index is 837. The molecular formula is C19H20N2OS. The molecule has 118 valence electrons. The van der Waals surface area contributed by atoms with Crippen LogP contribution in [0, 0.1) is 5.92 Å². The zero-order valence-electron chi connectivity index (χ0n) is 13.4. The van der Waals surface area contributed by atoms with Crippen LogP contribution in [0.2, 0.25) is 0 Å². The fourth-order valence-corrected chi connectivity index (χ4v) is 3.58. The van der Waals surface area contributed by atoms with E-state index in [2.05, 4.69) is 13.8 Å². The van der Waals surface area contributed by atoms with Gasteiger partial charge in [0.1, 0.15) is 9.71 Å². The number of fused-ring (bicyclic) bond motifs is 1. The van der Waals surface area contributed by atoms with E-state index in [4.69, 9.17) is 10.7 Å². The lowest BCUT2D eigenvalue weighted by Gasteiger charge is -2.03. The van der Waals surface area contributed by atoms with Crippen molar-refractivity contribution in [3.8, 4) is 0 Å². The minimum atomic E-state index is -0.0326. The lowest BCUT2D eigenvalue weighted by molar-refractivity contribution is 0.104. The summed E-state index contributed by atoms with van der Waals surface area (Å²) >= 11 is 1.39. The van der Waals surface area contributed by atoms with Gasteiger partial charge in [0.25, 0.3) is 0 Å². The summed E-state index contributed by atoms with van der Waals surface area (Å²) in [6, 6.07) is 13.3. The standard InChI is InChI=1S/C19H20N2OS/c1-12(2)8-9-14-10-11-15-16(20)18(23-19(15)21-14)17(22)13-6-4-3-5-7-13/h3-7,10-12H,8-9,20H2,1-2H3. The van der Waals surface area contributed by atoms with Gasteiger partial charge in [-0.1, -0.05) is 44.2 Å². The van der Waals surface area contributed by atoms with Gasteiger partial charge in [-0.3, -0.25) is 4.79 Å². The molecule has 3 rings (SSSR count). The Morgan fingerprint density at radius 3 is 2.61 bits per heavy atom. The molecule has 3 nitrogen and oxygen atoms in total. The van der Waals surface area contributed by atoms with E-state index in [0.717, 1.165) is 28.8 Å². The molecule has 2 heterocycles. The molecule has 0 aliphatic rings. The van der Waals surface area contributed by atoms with Crippen LogP contribution in [0.1, 0.15) is 41.2 Å². The summed E-state index contributed by atoms with van der Waals surface area (Å²) in [5.74, 6) is 0.617. The Morgan fingerprint density at radius 2 is 1.91 bits per heavy atom. The molecule has 3 aromatic rings. The summed E-state index contributed by atoms with van der Waals surface area (Å²) in [4.78, 5) is 18.8. The van der Waals surface area contributed by atoms with Crippen LogP contribution in [-0.2, 0) is 6.42 Å². The van der Waals surface area contributed by atoms with E-state index in [9.17, 15) is 4.79 Å². The topological polar surface area (TPSA) is 56.0 Å². The molecule has 0 unspecified atom stereocenters. The minimum Gasteiger partial charge on any atom is -0.397 e. The lowest BCUT2D eigenvalue weighted by Crippen LogP contribution is -2.01. The molecule has 2 N–H and O–H groups in total. The third-order valence-corrected chi connectivity index (χ3v) is 4.99. The molecule has 0 aliphatic heterocycles. The van der Waals surface area contributed by atoms with Gasteiger partial charge in [0.05, 0.1) is 5.69 Å². The SMILES string of the molecule is CC(C)CCc1ccc2c(N)c(C(=O)c3ccccc3)sc2n1. The maximum absolute atomic E-state index is 12.6. The van der Waals surface area contributed by atoms with E-state index in [0.29, 0.717) is 22.0 Å². The Kier molecular flexibility index (Phi) is 4.44. The summed E-state index contributed by atoms with van der Waals surface area (Å²) in [5.41, 5.74) is 8.46. The highest BCUT2D eigenvalue weighted by molar-refractivity contribution is 7.21. The second kappa shape index (κ2) is 6.50. The van der Waals surface area contributed by atoms with Crippen LogP contribution in [0.15, 0.2) is 42.5 Å². The predicted octanol–water partition coefficient (Wildman–Crippen LogP) is 4.70. The highest BCUT2D eigenvalue weighted by Gasteiger charge is 2.18. The predicted molar refractivity (Wildman–Crippen MR) is 97.1 cm³/mol. The zero-order valence-corrected chi connectivity index (χ0v) is 14.2. The summed E-state index contributed by atoms with van der Waals surface area (Å²) in [5, 5.41) is 0.877. The molecule has 0 saturated heterocycles. The van der Waals surface area contributed by atoms with Crippen molar-refractivity contribution in [3.05, 3.63) is 58.6 Å². The number of ketones is 1. The van der Waals surface area contributed by atoms with Gasteiger partial charge in [-0.15, -0.1) is 11.3 Å². The molecule has 23 heavy (non-hydrogen) atoms. The first-order valence-corrected chi connectivity index (χ1v) is 8.65. The molecule has 0 amide bonds. The number of aryl methyl sites for hydroxylation is 1. The van der Waals surface area contributed by atoms with Crippen LogP contribution in [0.3, 0.4) is 0 Å². The van der Waals surface area contributed by atoms with Crippen LogP contribution in [0.25, 0.3) is 10.2 Å². The summed E-state index contributed by atoms with van der Waals surface area (Å²) in [6.07, 6.45) is 2.06. The number of benzene rings is 1. The number of thiophene rings is 1. The first-order chi connectivity index (χ1) is 11.1. The minimum absolute atomic E-state index is 0.0326. The molecule has 0 spiro atoms. The number of nitrogen functional groups attached to an aromatic ring is 1. The van der Waals surface area contributed by atoms with E-state index in [1.807, 2.05) is 42.5 Å². The van der Waals surface area contributed by atoms with E-state index in [-0.39, 0.29) is 5.78 Å². The molecule has 4 heteroatoms. The summed E-state index contributed by atoms with van der Waals surface area (Å²) in [6.45, 7) is 4.41. The highest BCUT2D eigenvalue weighted by Crippen LogP contribution is 2.34. The van der Waals surface area contributed by atoms with Crippen molar-refractivity contribution in [1.82, 2.24) is 4.98 Å². The summed E-state index contributed by atoms with van der Waals surface area (Å²) in [7, 11) is 0. The second-order valence-electron chi connectivity index (χ2n) is 6.13. The molecule has 0 radical (unpaired) electrons. The number of carbonyl (C=O) groups is 1. The molecule has 0 bridgehead atoms. The van der Waals surface area contributed by atoms with Crippen molar-refractivity contribution in [2.75, 3.05) is 5.73 Å². The molecule has 2 aromatic heterocycles. The van der Waals surface area contributed by atoms with Crippen molar-refractivity contribution >= 4 is 33.0 Å². The Morgan fingerprint density at radius 1 is 1.17 bits per heavy atom. The molecule has 0 atom stereocenters. The third-order valence-electron chi connectivity index (χ3n) is 3.87. The first-order valence-electron chi connectivity index (χ1n) is 7.84. The molecule has 0 aliphatic carbocycles. The van der Waals surface area contributed by atoms with E-state index in [1.165, 1.54) is 11.3 Å². The van der Waals surface area contributed by atoms with Crippen molar-refractivity contribution in [3.63, 3.8) is 0 Å². The third kappa shape index (κ3) is 3.27. The van der Waals surface area contributed by atoms with Gasteiger partial charge in [-0.2, -0.15) is 0 Å². The average Bonchev–Trinajstić information content (AvgIpc) is 2.89. The second-order valence-corrected chi connectivity index (χ2v) is 7.13. The number of hydrogen-bond acceptors (Lipinski definition) is 4. The van der Waals surface area contributed by atoms with Gasteiger partial charge in [0.2, 0.25) is 5.78 Å². The number of aromatic nitrogens is 1. The van der Waals surface area contributed by atoms with Gasteiger partial charge in [-0.05, 0) is 30.9 Å². The number of pyridine rings is 1. The van der Waals surface area contributed by atoms with E-state index < -0.39 is 0 Å². The van der Waals surface area contributed by atoms with Crippen molar-refractivity contribution < 1.29 is 4.79 Å². The number of rotatable bonds is 5. The van der Waals surface area contributed by atoms with Gasteiger partial charge in [-0.25, -0.2) is 4.98 Å². The molecule has 0 saturated carbocycles. The van der Waals surface area contributed by atoms with Crippen LogP contribution in [-0.4, -0.2) is 10.8 Å². The first kappa shape index (κ1) is 15.7. The van der Waals surface area contributed by atoms with Crippen LogP contribution >= 0.6 is 11.3 Å². The highest BCUT2D eigenvalue weighted by atomic mass is 32.1. The molecule has 1 aromatic carbocycles. The maximum atomic E-state index is 12.6. The zero-order chi connectivity index (χ0) is 16.4. The smallest absolute Gasteiger partial charge is 0.205 e. The fraction of sp³-hybridized carbons (Fsp3) is 0.263. The number of nitrogens with two attached hydrogens (primary N) is 1. The Hall–Kier alpha value is -2.20.